The fraction of sp³-hybridized carbons (Fsp3) is 0.700. The van der Waals surface area contributed by atoms with Gasteiger partial charge in [-0.15, -0.1) is 11.3 Å². The van der Waals surface area contributed by atoms with E-state index in [1.54, 1.807) is 11.3 Å². The van der Waals surface area contributed by atoms with E-state index in [-0.39, 0.29) is 0 Å². The number of anilines is 1. The number of nitrogens with one attached hydrogen (secondary N) is 1. The lowest BCUT2D eigenvalue weighted by molar-refractivity contribution is 0.770. The first-order chi connectivity index (χ1) is 6.72. The van der Waals surface area contributed by atoms with Gasteiger partial charge in [0.05, 0.1) is 5.69 Å². The van der Waals surface area contributed by atoms with Crippen molar-refractivity contribution in [3.63, 3.8) is 0 Å². The van der Waals surface area contributed by atoms with E-state index in [1.807, 2.05) is 18.7 Å². The molecule has 1 unspecified atom stereocenters. The summed E-state index contributed by atoms with van der Waals surface area (Å²) in [5, 5.41) is 6.55. The molecule has 0 aromatic carbocycles. The molecular weight excluding hydrogens is 212 g/mol. The van der Waals surface area contributed by atoms with Gasteiger partial charge in [0.2, 0.25) is 0 Å². The average Bonchev–Trinajstić information content (AvgIpc) is 2.52. The van der Waals surface area contributed by atoms with Crippen molar-refractivity contribution in [2.24, 2.45) is 0 Å². The third-order valence-corrected chi connectivity index (χ3v) is 3.71. The number of aryl methyl sites for hydroxylation is 1. The van der Waals surface area contributed by atoms with Crippen LogP contribution in [0.2, 0.25) is 0 Å². The maximum Gasteiger partial charge on any atom is 0.183 e. The van der Waals surface area contributed by atoms with Gasteiger partial charge >= 0.3 is 0 Å². The Labute approximate surface area is 94.5 Å². The predicted octanol–water partition coefficient (Wildman–Crippen LogP) is 3.40. The Balaban J connectivity index is 2.23. The summed E-state index contributed by atoms with van der Waals surface area (Å²) in [6, 6.07) is 0.527. The van der Waals surface area contributed by atoms with E-state index >= 15 is 0 Å². The van der Waals surface area contributed by atoms with Crippen molar-refractivity contribution < 1.29 is 0 Å². The minimum absolute atomic E-state index is 0.527. The highest BCUT2D eigenvalue weighted by molar-refractivity contribution is 7.99. The molecular formula is C10H18N2S2. The molecule has 80 valence electrons. The quantitative estimate of drug-likeness (QED) is 0.758. The van der Waals surface area contributed by atoms with Gasteiger partial charge in [-0.1, -0.05) is 6.92 Å². The van der Waals surface area contributed by atoms with Gasteiger partial charge in [0.15, 0.2) is 5.13 Å². The van der Waals surface area contributed by atoms with Crippen molar-refractivity contribution >= 4 is 28.2 Å². The van der Waals surface area contributed by atoms with Gasteiger partial charge in [0.25, 0.3) is 0 Å². The second-order valence-electron chi connectivity index (χ2n) is 3.33. The van der Waals surface area contributed by atoms with Gasteiger partial charge in [0, 0.05) is 11.4 Å². The lowest BCUT2D eigenvalue weighted by Crippen LogP contribution is -2.15. The summed E-state index contributed by atoms with van der Waals surface area (Å²) in [6.45, 7) is 6.44. The molecule has 0 aliphatic heterocycles. The van der Waals surface area contributed by atoms with E-state index in [4.69, 9.17) is 0 Å². The SMILES string of the molecule is CCSCCC(C)Nc1nc(C)cs1. The highest BCUT2D eigenvalue weighted by Crippen LogP contribution is 2.16. The maximum atomic E-state index is 4.38. The Morgan fingerprint density at radius 2 is 2.43 bits per heavy atom. The molecule has 0 saturated carbocycles. The van der Waals surface area contributed by atoms with Gasteiger partial charge in [-0.3, -0.25) is 0 Å². The molecule has 0 fully saturated rings. The second-order valence-corrected chi connectivity index (χ2v) is 5.58. The van der Waals surface area contributed by atoms with Crippen molar-refractivity contribution in [2.75, 3.05) is 16.8 Å². The first-order valence-electron chi connectivity index (χ1n) is 4.98. The fourth-order valence-corrected chi connectivity index (χ4v) is 2.72. The Hall–Kier alpha value is -0.220. The topological polar surface area (TPSA) is 24.9 Å². The van der Waals surface area contributed by atoms with E-state index in [9.17, 15) is 0 Å². The lowest BCUT2D eigenvalue weighted by Gasteiger charge is -2.11. The molecule has 1 heterocycles. The highest BCUT2D eigenvalue weighted by Gasteiger charge is 2.03. The number of nitrogens with zero attached hydrogens (tertiary/aromatic N) is 1. The van der Waals surface area contributed by atoms with Crippen LogP contribution in [0.5, 0.6) is 0 Å². The van der Waals surface area contributed by atoms with Crippen LogP contribution in [0.1, 0.15) is 26.0 Å². The number of hydrogen-bond donors (Lipinski definition) is 1. The van der Waals surface area contributed by atoms with E-state index < -0.39 is 0 Å². The normalized spacial score (nSPS) is 12.8. The number of hydrogen-bond acceptors (Lipinski definition) is 4. The summed E-state index contributed by atoms with van der Waals surface area (Å²) in [7, 11) is 0. The minimum Gasteiger partial charge on any atom is -0.359 e. The molecule has 1 aromatic heterocycles. The number of thioether (sulfide) groups is 1. The van der Waals surface area contributed by atoms with Crippen LogP contribution in [0.15, 0.2) is 5.38 Å². The van der Waals surface area contributed by atoms with Crippen LogP contribution in [0.25, 0.3) is 0 Å². The molecule has 1 atom stereocenters. The number of thiazole rings is 1. The van der Waals surface area contributed by atoms with Crippen LogP contribution in [0.3, 0.4) is 0 Å². The third-order valence-electron chi connectivity index (χ3n) is 1.89. The monoisotopic (exact) mass is 230 g/mol. The molecule has 1 N–H and O–H groups in total. The summed E-state index contributed by atoms with van der Waals surface area (Å²) >= 11 is 3.68. The van der Waals surface area contributed by atoms with Gasteiger partial charge < -0.3 is 5.32 Å². The molecule has 0 bridgehead atoms. The van der Waals surface area contributed by atoms with Crippen molar-refractivity contribution in [1.82, 2.24) is 4.98 Å². The zero-order chi connectivity index (χ0) is 10.4. The van der Waals surface area contributed by atoms with Crippen LogP contribution < -0.4 is 5.32 Å². The predicted molar refractivity (Wildman–Crippen MR) is 67.6 cm³/mol. The zero-order valence-electron chi connectivity index (χ0n) is 9.04. The molecule has 1 rings (SSSR count). The summed E-state index contributed by atoms with van der Waals surface area (Å²) in [5.74, 6) is 2.44. The Bertz CT molecular complexity index is 260. The average molecular weight is 230 g/mol. The molecule has 0 aliphatic carbocycles. The standard InChI is InChI=1S/C10H18N2S2/c1-4-13-6-5-8(2)11-10-12-9(3)7-14-10/h7-8H,4-6H2,1-3H3,(H,11,12). The van der Waals surface area contributed by atoms with Crippen molar-refractivity contribution in [1.29, 1.82) is 0 Å². The van der Waals surface area contributed by atoms with Crippen LogP contribution in [-0.2, 0) is 0 Å². The summed E-state index contributed by atoms with van der Waals surface area (Å²) in [4.78, 5) is 4.38. The van der Waals surface area contributed by atoms with Crippen molar-refractivity contribution in [3.05, 3.63) is 11.1 Å². The van der Waals surface area contributed by atoms with Gasteiger partial charge in [-0.05, 0) is 31.8 Å². The maximum absolute atomic E-state index is 4.38. The van der Waals surface area contributed by atoms with E-state index in [0.29, 0.717) is 6.04 Å². The number of aromatic nitrogens is 1. The minimum atomic E-state index is 0.527. The largest absolute Gasteiger partial charge is 0.359 e. The van der Waals surface area contributed by atoms with Gasteiger partial charge in [0.1, 0.15) is 0 Å². The molecule has 14 heavy (non-hydrogen) atoms. The molecule has 1 aromatic rings. The second kappa shape index (κ2) is 6.30. The summed E-state index contributed by atoms with van der Waals surface area (Å²) < 4.78 is 0. The molecule has 0 aliphatic rings. The highest BCUT2D eigenvalue weighted by atomic mass is 32.2. The Morgan fingerprint density at radius 1 is 1.64 bits per heavy atom. The first-order valence-corrected chi connectivity index (χ1v) is 7.02. The van der Waals surface area contributed by atoms with Crippen LogP contribution >= 0.6 is 23.1 Å². The molecule has 0 spiro atoms. The van der Waals surface area contributed by atoms with Crippen LogP contribution in [0.4, 0.5) is 5.13 Å². The fourth-order valence-electron chi connectivity index (χ4n) is 1.11. The van der Waals surface area contributed by atoms with E-state index in [1.165, 1.54) is 17.9 Å². The lowest BCUT2D eigenvalue weighted by atomic mass is 10.3. The van der Waals surface area contributed by atoms with Gasteiger partial charge in [-0.25, -0.2) is 4.98 Å². The van der Waals surface area contributed by atoms with E-state index in [0.717, 1.165) is 10.8 Å². The van der Waals surface area contributed by atoms with Crippen LogP contribution in [-0.4, -0.2) is 22.5 Å². The van der Waals surface area contributed by atoms with Crippen LogP contribution in [0, 0.1) is 6.92 Å². The Morgan fingerprint density at radius 3 is 3.00 bits per heavy atom. The molecule has 0 saturated heterocycles. The third kappa shape index (κ3) is 4.33. The molecule has 2 nitrogen and oxygen atoms in total. The molecule has 0 radical (unpaired) electrons. The van der Waals surface area contributed by atoms with Gasteiger partial charge in [-0.2, -0.15) is 11.8 Å². The van der Waals surface area contributed by atoms with E-state index in [2.05, 4.69) is 29.5 Å². The zero-order valence-corrected chi connectivity index (χ0v) is 10.7. The number of rotatable bonds is 6. The summed E-state index contributed by atoms with van der Waals surface area (Å²) in [6.07, 6.45) is 1.21. The van der Waals surface area contributed by atoms with Crippen molar-refractivity contribution in [3.8, 4) is 0 Å². The Kier molecular flexibility index (Phi) is 5.33. The molecule has 4 heteroatoms. The van der Waals surface area contributed by atoms with Crippen molar-refractivity contribution in [2.45, 2.75) is 33.2 Å². The summed E-state index contributed by atoms with van der Waals surface area (Å²) in [5.41, 5.74) is 1.10. The first kappa shape index (κ1) is 11.9. The smallest absolute Gasteiger partial charge is 0.183 e. The molecule has 0 amide bonds.